The third-order valence-electron chi connectivity index (χ3n) is 13.1. The summed E-state index contributed by atoms with van der Waals surface area (Å²) in [5.74, 6) is 1.14. The highest BCUT2D eigenvalue weighted by molar-refractivity contribution is 5.75. The summed E-state index contributed by atoms with van der Waals surface area (Å²) in [7, 11) is 3.95. The lowest BCUT2D eigenvalue weighted by Gasteiger charge is -2.38. The first-order valence-electron chi connectivity index (χ1n) is 28.3. The molecule has 0 aromatic heterocycles. The molecule has 0 amide bonds. The van der Waals surface area contributed by atoms with Crippen molar-refractivity contribution in [2.45, 2.75) is 291 Å². The number of ether oxygens (including phenoxy) is 3. The summed E-state index contributed by atoms with van der Waals surface area (Å²) in [5.41, 5.74) is 0. The Morgan fingerprint density at radius 2 is 1.06 bits per heavy atom. The minimum atomic E-state index is -0.0725. The van der Waals surface area contributed by atoms with Crippen molar-refractivity contribution >= 4 is 24.2 Å². The van der Waals surface area contributed by atoms with Crippen molar-refractivity contribution in [2.24, 2.45) is 5.92 Å². The summed E-state index contributed by atoms with van der Waals surface area (Å²) in [6, 6.07) is 0.483. The predicted octanol–water partition coefficient (Wildman–Crippen LogP) is 15.6. The molecular weight excluding hydrogens is 825 g/mol. The number of ketones is 1. The van der Waals surface area contributed by atoms with Gasteiger partial charge in [0.1, 0.15) is 11.9 Å². The molecule has 9 heteroatoms. The minimum Gasteiger partial charge on any atom is -0.468 e. The molecule has 1 aliphatic rings. The molecule has 0 spiro atoms. The quantitative estimate of drug-likeness (QED) is 0.0256. The van der Waals surface area contributed by atoms with Crippen molar-refractivity contribution < 1.29 is 33.4 Å². The molecule has 2 unspecified atom stereocenters. The van der Waals surface area contributed by atoms with Crippen LogP contribution in [-0.4, -0.2) is 93.1 Å². The minimum absolute atomic E-state index is 0.0344. The maximum Gasteiger partial charge on any atom is 0.307 e. The number of Topliss-reactive ketones (excluding diaryl/α,β-unsaturated/α-hetero) is 1. The van der Waals surface area contributed by atoms with Crippen LogP contribution in [0.1, 0.15) is 279 Å². The van der Waals surface area contributed by atoms with Gasteiger partial charge >= 0.3 is 11.9 Å². The van der Waals surface area contributed by atoms with Crippen molar-refractivity contribution in [3.63, 3.8) is 0 Å². The standard InChI is InChI=1S/C29H56N2O4.C18H38.C10H18O3/c1-5-7-8-9-10-11-12-13-17-24-34-28(32)18-15-14-16-21-31-23-19-27(25-26(31)6-2)35-29(33)20-22-30(3)4;1-4-6-8-10-12-14-16-18(3)17-15-13-11-9-7-5-2;1-10(12)7-5-3-2-4-6-8-13-9-11/h26-27H,5-25H2,1-4H3;18H,4-17H2,1-3H3;9H,2-8H2,1H3. The fourth-order valence-corrected chi connectivity index (χ4v) is 8.71. The molecule has 0 N–H and O–H groups in total. The van der Waals surface area contributed by atoms with E-state index >= 15 is 0 Å². The van der Waals surface area contributed by atoms with Gasteiger partial charge in [-0.05, 0) is 84.8 Å². The normalized spacial score (nSPS) is 14.9. The highest BCUT2D eigenvalue weighted by Gasteiger charge is 2.29. The Morgan fingerprint density at radius 1 is 0.591 bits per heavy atom. The van der Waals surface area contributed by atoms with Gasteiger partial charge in [0.05, 0.1) is 19.6 Å². The monoisotopic (exact) mass is 937 g/mol. The van der Waals surface area contributed by atoms with Crippen LogP contribution in [0.5, 0.6) is 0 Å². The summed E-state index contributed by atoms with van der Waals surface area (Å²) < 4.78 is 15.7. The Morgan fingerprint density at radius 3 is 1.56 bits per heavy atom. The van der Waals surface area contributed by atoms with Crippen LogP contribution in [0.2, 0.25) is 0 Å². The molecule has 0 aliphatic carbocycles. The van der Waals surface area contributed by atoms with E-state index in [2.05, 4.69) is 44.3 Å². The lowest BCUT2D eigenvalue weighted by molar-refractivity contribution is -0.152. The Labute approximate surface area is 410 Å². The summed E-state index contributed by atoms with van der Waals surface area (Å²) in [5, 5.41) is 0. The van der Waals surface area contributed by atoms with Gasteiger partial charge in [0, 0.05) is 32.0 Å². The van der Waals surface area contributed by atoms with Crippen LogP contribution in [0.4, 0.5) is 0 Å². The number of carbonyl (C=O) groups is 4. The fraction of sp³-hybridized carbons (Fsp3) is 0.930. The van der Waals surface area contributed by atoms with E-state index in [0.29, 0.717) is 45.0 Å². The second-order valence-corrected chi connectivity index (χ2v) is 20.1. The fourth-order valence-electron chi connectivity index (χ4n) is 8.71. The molecule has 0 aromatic carbocycles. The molecule has 0 saturated carbocycles. The van der Waals surface area contributed by atoms with Crippen molar-refractivity contribution in [1.29, 1.82) is 0 Å². The second-order valence-electron chi connectivity index (χ2n) is 20.1. The van der Waals surface area contributed by atoms with Gasteiger partial charge in [-0.25, -0.2) is 0 Å². The van der Waals surface area contributed by atoms with Crippen LogP contribution in [0.3, 0.4) is 0 Å². The van der Waals surface area contributed by atoms with E-state index in [1.54, 1.807) is 6.92 Å². The van der Waals surface area contributed by atoms with Gasteiger partial charge in [-0.1, -0.05) is 202 Å². The van der Waals surface area contributed by atoms with E-state index < -0.39 is 0 Å². The van der Waals surface area contributed by atoms with Crippen molar-refractivity contribution in [1.82, 2.24) is 9.80 Å². The van der Waals surface area contributed by atoms with Gasteiger partial charge in [-0.2, -0.15) is 0 Å². The van der Waals surface area contributed by atoms with Crippen LogP contribution in [-0.2, 0) is 33.4 Å². The summed E-state index contributed by atoms with van der Waals surface area (Å²) >= 11 is 0. The lowest BCUT2D eigenvalue weighted by Crippen LogP contribution is -2.45. The molecule has 392 valence electrons. The number of carbonyl (C=O) groups excluding carboxylic acids is 4. The Bertz CT molecular complexity index is 1040. The van der Waals surface area contributed by atoms with Crippen molar-refractivity contribution in [2.75, 3.05) is 46.9 Å². The number of piperidine rings is 1. The van der Waals surface area contributed by atoms with E-state index in [1.807, 2.05) is 19.0 Å². The van der Waals surface area contributed by atoms with E-state index in [0.717, 1.165) is 103 Å². The number of likely N-dealkylation sites (tertiary alicyclic amines) is 1. The number of nitrogens with zero attached hydrogens (tertiary/aromatic N) is 2. The third kappa shape index (κ3) is 49.9. The van der Waals surface area contributed by atoms with Gasteiger partial charge in [0.15, 0.2) is 0 Å². The van der Waals surface area contributed by atoms with Crippen LogP contribution in [0, 0.1) is 5.92 Å². The molecule has 1 fully saturated rings. The number of unbranched alkanes of at least 4 members (excludes halogenated alkanes) is 24. The second kappa shape index (κ2) is 52.4. The van der Waals surface area contributed by atoms with Crippen LogP contribution < -0.4 is 0 Å². The predicted molar refractivity (Wildman–Crippen MR) is 280 cm³/mol. The van der Waals surface area contributed by atoms with E-state index in [1.165, 1.54) is 141 Å². The zero-order valence-corrected chi connectivity index (χ0v) is 45.3. The zero-order valence-electron chi connectivity index (χ0n) is 45.3. The van der Waals surface area contributed by atoms with Gasteiger partial charge in [-0.15, -0.1) is 0 Å². The molecule has 0 radical (unpaired) electrons. The molecule has 1 aliphatic heterocycles. The maximum absolute atomic E-state index is 12.1. The first-order valence-corrected chi connectivity index (χ1v) is 28.3. The highest BCUT2D eigenvalue weighted by atomic mass is 16.5. The summed E-state index contributed by atoms with van der Waals surface area (Å²) in [6.07, 6.45) is 44.8. The van der Waals surface area contributed by atoms with Gasteiger partial charge in [-0.3, -0.25) is 14.4 Å². The SMILES string of the molecule is CC(=O)CCCCCCCOC=O.CCCCCCCCC(C)CCCCCCCC.CCCCCCCCCCCOC(=O)CCCCCN1CCC(OC(=O)CCN(C)C)CC1CC. The Kier molecular flexibility index (Phi) is 52.4. The third-order valence-corrected chi connectivity index (χ3v) is 13.1. The first kappa shape index (κ1) is 66.1. The van der Waals surface area contributed by atoms with Crippen molar-refractivity contribution in [3.05, 3.63) is 0 Å². The molecule has 9 nitrogen and oxygen atoms in total. The zero-order chi connectivity index (χ0) is 49.1. The average Bonchev–Trinajstić information content (AvgIpc) is 3.30. The molecule has 0 bridgehead atoms. The van der Waals surface area contributed by atoms with Crippen LogP contribution >= 0.6 is 0 Å². The average molecular weight is 938 g/mol. The Hall–Kier alpha value is -2.00. The Balaban J connectivity index is 0. The number of rotatable bonds is 44. The van der Waals surface area contributed by atoms with Crippen LogP contribution in [0.25, 0.3) is 0 Å². The first-order chi connectivity index (χ1) is 32.0. The highest BCUT2D eigenvalue weighted by Crippen LogP contribution is 2.24. The summed E-state index contributed by atoms with van der Waals surface area (Å²) in [4.78, 5) is 48.9. The molecule has 1 rings (SSSR count). The number of esters is 2. The maximum atomic E-state index is 12.1. The smallest absolute Gasteiger partial charge is 0.307 e. The number of hydrogen-bond donors (Lipinski definition) is 0. The molecule has 0 aromatic rings. The number of hydrogen-bond acceptors (Lipinski definition) is 9. The van der Waals surface area contributed by atoms with Gasteiger partial charge in [0.2, 0.25) is 0 Å². The van der Waals surface area contributed by atoms with Gasteiger partial charge < -0.3 is 28.8 Å². The topological polar surface area (TPSA) is 102 Å². The summed E-state index contributed by atoms with van der Waals surface area (Å²) in [6.45, 7) is 17.5. The largest absolute Gasteiger partial charge is 0.468 e. The molecule has 1 heterocycles. The van der Waals surface area contributed by atoms with E-state index in [-0.39, 0.29) is 23.8 Å². The molecule has 66 heavy (non-hydrogen) atoms. The van der Waals surface area contributed by atoms with Gasteiger partial charge in [0.25, 0.3) is 6.47 Å². The lowest BCUT2D eigenvalue weighted by atomic mass is 9.96. The van der Waals surface area contributed by atoms with Crippen LogP contribution in [0.15, 0.2) is 0 Å². The molecule has 1 saturated heterocycles. The molecule has 2 atom stereocenters. The van der Waals surface area contributed by atoms with Crippen molar-refractivity contribution in [3.8, 4) is 0 Å². The van der Waals surface area contributed by atoms with E-state index in [4.69, 9.17) is 9.47 Å². The molecular formula is C57H112N2O7. The van der Waals surface area contributed by atoms with E-state index in [9.17, 15) is 19.2 Å².